The Morgan fingerprint density at radius 2 is 1.29 bits per heavy atom. The topological polar surface area (TPSA) is 0 Å². The first-order valence-electron chi connectivity index (χ1n) is 12.7. The van der Waals surface area contributed by atoms with Crippen molar-refractivity contribution in [3.8, 4) is 0 Å². The first-order valence-corrected chi connectivity index (χ1v) is 12.7. The predicted molar refractivity (Wildman–Crippen MR) is 119 cm³/mol. The molecule has 0 radical (unpaired) electrons. The Bertz CT molecular complexity index is 659. The van der Waals surface area contributed by atoms with Crippen LogP contribution in [0.25, 0.3) is 0 Å². The molecule has 0 saturated heterocycles. The quantitative estimate of drug-likeness (QED) is 0.335. The van der Waals surface area contributed by atoms with Crippen LogP contribution in [0, 0.1) is 29.4 Å². The van der Waals surface area contributed by atoms with E-state index in [1.165, 1.54) is 57.1 Å². The highest BCUT2D eigenvalue weighted by molar-refractivity contribution is 5.32. The summed E-state index contributed by atoms with van der Waals surface area (Å²) in [7, 11) is 0. The molecular formula is C27H40F4. The van der Waals surface area contributed by atoms with Crippen LogP contribution >= 0.6 is 0 Å². The van der Waals surface area contributed by atoms with Gasteiger partial charge < -0.3 is 0 Å². The SMILES string of the molecule is CCCCC(F)(F)c1c(F)cc(C2CCC([C@H]3CC[C@H](CCCC)CC3)CC2)cc1F. The number of benzene rings is 1. The molecule has 2 fully saturated rings. The third kappa shape index (κ3) is 6.26. The summed E-state index contributed by atoms with van der Waals surface area (Å²) in [5.74, 6) is -3.10. The Morgan fingerprint density at radius 3 is 1.81 bits per heavy atom. The summed E-state index contributed by atoms with van der Waals surface area (Å²) in [5.41, 5.74) is -0.481. The zero-order chi connectivity index (χ0) is 22.4. The first kappa shape index (κ1) is 24.6. The highest BCUT2D eigenvalue weighted by Gasteiger charge is 2.38. The van der Waals surface area contributed by atoms with Gasteiger partial charge in [0.2, 0.25) is 0 Å². The van der Waals surface area contributed by atoms with Crippen LogP contribution in [0.4, 0.5) is 17.6 Å². The number of hydrogen-bond donors (Lipinski definition) is 0. The van der Waals surface area contributed by atoms with Gasteiger partial charge in [0.15, 0.2) is 0 Å². The average molecular weight is 441 g/mol. The summed E-state index contributed by atoms with van der Waals surface area (Å²) in [6, 6.07) is 2.37. The second kappa shape index (κ2) is 11.2. The lowest BCUT2D eigenvalue weighted by Gasteiger charge is -2.38. The second-order valence-corrected chi connectivity index (χ2v) is 10.2. The third-order valence-electron chi connectivity index (χ3n) is 8.04. The van der Waals surface area contributed by atoms with Crippen LogP contribution in [-0.2, 0) is 5.92 Å². The molecule has 0 bridgehead atoms. The Hall–Kier alpha value is -1.06. The minimum absolute atomic E-state index is 0.0828. The van der Waals surface area contributed by atoms with E-state index >= 15 is 0 Å². The van der Waals surface area contributed by atoms with Crippen LogP contribution in [0.1, 0.15) is 121 Å². The smallest absolute Gasteiger partial charge is 0.206 e. The molecule has 1 aromatic carbocycles. The summed E-state index contributed by atoms with van der Waals surface area (Å²) >= 11 is 0. The fourth-order valence-corrected chi connectivity index (χ4v) is 6.07. The molecule has 0 spiro atoms. The Balaban J connectivity index is 1.56. The van der Waals surface area contributed by atoms with Gasteiger partial charge >= 0.3 is 0 Å². The van der Waals surface area contributed by atoms with Crippen LogP contribution in [0.3, 0.4) is 0 Å². The molecule has 4 heteroatoms. The lowest BCUT2D eigenvalue weighted by Crippen LogP contribution is -2.25. The van der Waals surface area contributed by atoms with E-state index in [1.54, 1.807) is 6.92 Å². The molecule has 2 aliphatic carbocycles. The lowest BCUT2D eigenvalue weighted by atomic mass is 9.68. The molecule has 0 amide bonds. The lowest BCUT2D eigenvalue weighted by molar-refractivity contribution is -0.0222. The van der Waals surface area contributed by atoms with Crippen molar-refractivity contribution in [2.24, 2.45) is 17.8 Å². The molecule has 0 heterocycles. The van der Waals surface area contributed by atoms with Crippen molar-refractivity contribution >= 4 is 0 Å². The zero-order valence-corrected chi connectivity index (χ0v) is 19.4. The van der Waals surface area contributed by atoms with Crippen LogP contribution < -0.4 is 0 Å². The number of halogens is 4. The van der Waals surface area contributed by atoms with Crippen LogP contribution in [0.15, 0.2) is 12.1 Å². The van der Waals surface area contributed by atoms with Crippen molar-refractivity contribution in [3.05, 3.63) is 34.9 Å². The molecule has 2 saturated carbocycles. The highest BCUT2D eigenvalue weighted by Crippen LogP contribution is 2.45. The predicted octanol–water partition coefficient (Wildman–Crippen LogP) is 9.52. The maximum absolute atomic E-state index is 14.6. The van der Waals surface area contributed by atoms with Gasteiger partial charge in [0.25, 0.3) is 5.92 Å². The molecule has 0 aromatic heterocycles. The summed E-state index contributed by atoms with van der Waals surface area (Å²) < 4.78 is 57.7. The molecule has 0 unspecified atom stereocenters. The maximum atomic E-state index is 14.6. The van der Waals surface area contributed by atoms with Gasteiger partial charge in [-0.25, -0.2) is 17.6 Å². The van der Waals surface area contributed by atoms with E-state index in [0.29, 0.717) is 12.0 Å². The summed E-state index contributed by atoms with van der Waals surface area (Å²) in [6.07, 6.45) is 13.7. The molecule has 0 nitrogen and oxygen atoms in total. The standard InChI is InChI=1S/C27H40F4/c1-3-5-7-19-8-10-20(11-9-19)21-12-14-22(15-13-21)23-17-24(28)26(25(29)18-23)27(30,31)16-6-4-2/h17-22H,3-16H2,1-2H3/t19-,20-,21?,22?. The average Bonchev–Trinajstić information content (AvgIpc) is 2.76. The molecule has 176 valence electrons. The van der Waals surface area contributed by atoms with E-state index in [-0.39, 0.29) is 12.3 Å². The van der Waals surface area contributed by atoms with Gasteiger partial charge in [-0.05, 0) is 86.3 Å². The maximum Gasteiger partial charge on any atom is 0.278 e. The van der Waals surface area contributed by atoms with Gasteiger partial charge in [0.05, 0.1) is 5.56 Å². The molecule has 31 heavy (non-hydrogen) atoms. The monoisotopic (exact) mass is 440 g/mol. The van der Waals surface area contributed by atoms with Crippen LogP contribution in [0.5, 0.6) is 0 Å². The number of unbranched alkanes of at least 4 members (excludes halogenated alkanes) is 2. The van der Waals surface area contributed by atoms with Crippen LogP contribution in [-0.4, -0.2) is 0 Å². The van der Waals surface area contributed by atoms with Gasteiger partial charge in [-0.1, -0.05) is 52.4 Å². The zero-order valence-electron chi connectivity index (χ0n) is 19.4. The Morgan fingerprint density at radius 1 is 0.774 bits per heavy atom. The Labute approximate surface area is 186 Å². The van der Waals surface area contributed by atoms with Gasteiger partial charge in [-0.2, -0.15) is 0 Å². The Kier molecular flexibility index (Phi) is 8.87. The van der Waals surface area contributed by atoms with Gasteiger partial charge in [-0.15, -0.1) is 0 Å². The van der Waals surface area contributed by atoms with E-state index in [9.17, 15) is 17.6 Å². The minimum Gasteiger partial charge on any atom is -0.206 e. The highest BCUT2D eigenvalue weighted by atomic mass is 19.3. The van der Waals surface area contributed by atoms with Gasteiger partial charge in [0.1, 0.15) is 11.6 Å². The van der Waals surface area contributed by atoms with Crippen molar-refractivity contribution in [2.75, 3.05) is 0 Å². The van der Waals surface area contributed by atoms with Crippen molar-refractivity contribution in [1.29, 1.82) is 0 Å². The van der Waals surface area contributed by atoms with Gasteiger partial charge in [0, 0.05) is 6.42 Å². The summed E-state index contributed by atoms with van der Waals surface area (Å²) in [5, 5.41) is 0. The normalized spacial score (nSPS) is 27.4. The fraction of sp³-hybridized carbons (Fsp3) is 0.778. The van der Waals surface area contributed by atoms with E-state index in [1.807, 2.05) is 0 Å². The largest absolute Gasteiger partial charge is 0.278 e. The number of alkyl halides is 2. The van der Waals surface area contributed by atoms with Crippen molar-refractivity contribution in [2.45, 2.75) is 116 Å². The van der Waals surface area contributed by atoms with E-state index in [2.05, 4.69) is 6.92 Å². The van der Waals surface area contributed by atoms with Crippen LogP contribution in [0.2, 0.25) is 0 Å². The molecule has 0 N–H and O–H groups in total. The van der Waals surface area contributed by atoms with Crippen molar-refractivity contribution < 1.29 is 17.6 Å². The minimum atomic E-state index is -3.45. The second-order valence-electron chi connectivity index (χ2n) is 10.2. The number of hydrogen-bond acceptors (Lipinski definition) is 0. The third-order valence-corrected chi connectivity index (χ3v) is 8.04. The van der Waals surface area contributed by atoms with E-state index in [0.717, 1.165) is 43.4 Å². The van der Waals surface area contributed by atoms with Crippen molar-refractivity contribution in [3.63, 3.8) is 0 Å². The van der Waals surface area contributed by atoms with E-state index in [4.69, 9.17) is 0 Å². The number of rotatable bonds is 9. The molecule has 1 aromatic rings. The first-order chi connectivity index (χ1) is 14.9. The van der Waals surface area contributed by atoms with Crippen molar-refractivity contribution in [1.82, 2.24) is 0 Å². The molecule has 0 aliphatic heterocycles. The van der Waals surface area contributed by atoms with Gasteiger partial charge in [-0.3, -0.25) is 0 Å². The summed E-state index contributed by atoms with van der Waals surface area (Å²) in [4.78, 5) is 0. The molecule has 0 atom stereocenters. The summed E-state index contributed by atoms with van der Waals surface area (Å²) in [6.45, 7) is 4.05. The molecule has 2 aliphatic rings. The fourth-order valence-electron chi connectivity index (χ4n) is 6.07. The molecule has 3 rings (SSSR count). The van der Waals surface area contributed by atoms with E-state index < -0.39 is 29.5 Å². The molecular weight excluding hydrogens is 400 g/mol.